The third kappa shape index (κ3) is 4.19. The fourth-order valence-corrected chi connectivity index (χ4v) is 3.91. The lowest BCUT2D eigenvalue weighted by atomic mass is 9.93. The molecule has 1 aliphatic heterocycles. The highest BCUT2D eigenvalue weighted by atomic mass is 15.2. The smallest absolute Gasteiger partial charge is 0.0221 e. The first-order chi connectivity index (χ1) is 9.24. The van der Waals surface area contributed by atoms with Gasteiger partial charge in [-0.1, -0.05) is 46.5 Å². The standard InChI is InChI=1S/C17H34N2/c1-4-8-16-11-18-17(14(3)5-2)13-19(16)12-15-9-6-7-10-15/h14-18H,4-13H2,1-3H3. The van der Waals surface area contributed by atoms with Crippen LogP contribution >= 0.6 is 0 Å². The van der Waals surface area contributed by atoms with Gasteiger partial charge in [0.1, 0.15) is 0 Å². The Bertz CT molecular complexity index is 248. The van der Waals surface area contributed by atoms with E-state index in [-0.39, 0.29) is 0 Å². The Labute approximate surface area is 120 Å². The summed E-state index contributed by atoms with van der Waals surface area (Å²) in [6.45, 7) is 10.9. The maximum absolute atomic E-state index is 3.82. The summed E-state index contributed by atoms with van der Waals surface area (Å²) >= 11 is 0. The van der Waals surface area contributed by atoms with E-state index in [9.17, 15) is 0 Å². The van der Waals surface area contributed by atoms with Crippen molar-refractivity contribution in [3.05, 3.63) is 0 Å². The number of rotatable bonds is 6. The second-order valence-corrected chi connectivity index (χ2v) is 6.95. The van der Waals surface area contributed by atoms with Gasteiger partial charge < -0.3 is 5.32 Å². The van der Waals surface area contributed by atoms with Gasteiger partial charge in [0.25, 0.3) is 0 Å². The summed E-state index contributed by atoms with van der Waals surface area (Å²) in [4.78, 5) is 2.84. The Balaban J connectivity index is 1.91. The van der Waals surface area contributed by atoms with Crippen molar-refractivity contribution in [2.75, 3.05) is 19.6 Å². The highest BCUT2D eigenvalue weighted by molar-refractivity contribution is 4.89. The molecule has 2 fully saturated rings. The largest absolute Gasteiger partial charge is 0.311 e. The first kappa shape index (κ1) is 15.3. The predicted molar refractivity (Wildman–Crippen MR) is 83.5 cm³/mol. The molecule has 0 amide bonds. The van der Waals surface area contributed by atoms with Gasteiger partial charge in [0.2, 0.25) is 0 Å². The van der Waals surface area contributed by atoms with Gasteiger partial charge in [-0.15, -0.1) is 0 Å². The van der Waals surface area contributed by atoms with Gasteiger partial charge in [-0.05, 0) is 31.1 Å². The lowest BCUT2D eigenvalue weighted by Crippen LogP contribution is -2.59. The van der Waals surface area contributed by atoms with Gasteiger partial charge >= 0.3 is 0 Å². The summed E-state index contributed by atoms with van der Waals surface area (Å²) in [5.41, 5.74) is 0. The second-order valence-electron chi connectivity index (χ2n) is 6.95. The minimum absolute atomic E-state index is 0.722. The average molecular weight is 266 g/mol. The molecule has 1 saturated heterocycles. The Morgan fingerprint density at radius 3 is 2.58 bits per heavy atom. The van der Waals surface area contributed by atoms with Gasteiger partial charge in [-0.2, -0.15) is 0 Å². The van der Waals surface area contributed by atoms with Crippen LogP contribution in [0.25, 0.3) is 0 Å². The summed E-state index contributed by atoms with van der Waals surface area (Å²) in [7, 11) is 0. The van der Waals surface area contributed by atoms with Crippen LogP contribution in [-0.4, -0.2) is 36.6 Å². The molecule has 0 bridgehead atoms. The highest BCUT2D eigenvalue weighted by Crippen LogP contribution is 2.28. The SMILES string of the molecule is CCCC1CNC(C(C)CC)CN1CC1CCCC1. The van der Waals surface area contributed by atoms with Crippen LogP contribution in [0.1, 0.15) is 65.7 Å². The van der Waals surface area contributed by atoms with Crippen molar-refractivity contribution in [1.82, 2.24) is 10.2 Å². The average Bonchev–Trinajstić information content (AvgIpc) is 2.93. The molecule has 3 unspecified atom stereocenters. The number of nitrogens with zero attached hydrogens (tertiary/aromatic N) is 1. The molecule has 2 aliphatic rings. The molecule has 0 aromatic heterocycles. The second kappa shape index (κ2) is 7.64. The normalized spacial score (nSPS) is 31.7. The lowest BCUT2D eigenvalue weighted by Gasteiger charge is -2.43. The fourth-order valence-electron chi connectivity index (χ4n) is 3.91. The van der Waals surface area contributed by atoms with E-state index in [1.165, 1.54) is 64.6 Å². The van der Waals surface area contributed by atoms with Gasteiger partial charge in [-0.3, -0.25) is 4.90 Å². The minimum Gasteiger partial charge on any atom is -0.311 e. The number of hydrogen-bond acceptors (Lipinski definition) is 2. The van der Waals surface area contributed by atoms with Crippen LogP contribution < -0.4 is 5.32 Å². The monoisotopic (exact) mass is 266 g/mol. The first-order valence-electron chi connectivity index (χ1n) is 8.72. The zero-order valence-corrected chi connectivity index (χ0v) is 13.3. The molecule has 2 heteroatoms. The fraction of sp³-hybridized carbons (Fsp3) is 1.00. The van der Waals surface area contributed by atoms with Crippen molar-refractivity contribution in [1.29, 1.82) is 0 Å². The molecular weight excluding hydrogens is 232 g/mol. The molecule has 112 valence electrons. The number of piperazine rings is 1. The maximum Gasteiger partial charge on any atom is 0.0221 e. The number of hydrogen-bond donors (Lipinski definition) is 1. The Kier molecular flexibility index (Phi) is 6.15. The summed E-state index contributed by atoms with van der Waals surface area (Å²) in [6, 6.07) is 1.52. The van der Waals surface area contributed by atoms with Crippen molar-refractivity contribution < 1.29 is 0 Å². The van der Waals surface area contributed by atoms with Crippen molar-refractivity contribution in [2.45, 2.75) is 77.8 Å². The quantitative estimate of drug-likeness (QED) is 0.789. The third-order valence-corrected chi connectivity index (χ3v) is 5.48. The van der Waals surface area contributed by atoms with E-state index in [4.69, 9.17) is 0 Å². The van der Waals surface area contributed by atoms with Crippen LogP contribution in [-0.2, 0) is 0 Å². The summed E-state index contributed by atoms with van der Waals surface area (Å²) in [5, 5.41) is 3.82. The van der Waals surface area contributed by atoms with Crippen LogP contribution in [0.5, 0.6) is 0 Å². The van der Waals surface area contributed by atoms with Gasteiger partial charge in [0.05, 0.1) is 0 Å². The van der Waals surface area contributed by atoms with Crippen LogP contribution in [0, 0.1) is 11.8 Å². The van der Waals surface area contributed by atoms with E-state index in [2.05, 4.69) is 31.0 Å². The van der Waals surface area contributed by atoms with Crippen molar-refractivity contribution in [2.24, 2.45) is 11.8 Å². The van der Waals surface area contributed by atoms with E-state index in [0.717, 1.165) is 23.9 Å². The Hall–Kier alpha value is -0.0800. The van der Waals surface area contributed by atoms with Crippen LogP contribution in [0.15, 0.2) is 0 Å². The summed E-state index contributed by atoms with van der Waals surface area (Å²) in [6.07, 6.45) is 9.91. The van der Waals surface area contributed by atoms with E-state index >= 15 is 0 Å². The molecule has 0 aromatic carbocycles. The summed E-state index contributed by atoms with van der Waals surface area (Å²) < 4.78 is 0. The van der Waals surface area contributed by atoms with Gasteiger partial charge in [0.15, 0.2) is 0 Å². The molecule has 19 heavy (non-hydrogen) atoms. The molecule has 0 aromatic rings. The van der Waals surface area contributed by atoms with Crippen molar-refractivity contribution in [3.63, 3.8) is 0 Å². The minimum atomic E-state index is 0.722. The lowest BCUT2D eigenvalue weighted by molar-refractivity contribution is 0.0871. The van der Waals surface area contributed by atoms with Crippen LogP contribution in [0.2, 0.25) is 0 Å². The van der Waals surface area contributed by atoms with Gasteiger partial charge in [-0.25, -0.2) is 0 Å². The molecule has 2 rings (SSSR count). The van der Waals surface area contributed by atoms with E-state index in [1.807, 2.05) is 0 Å². The third-order valence-electron chi connectivity index (χ3n) is 5.48. The molecule has 2 nitrogen and oxygen atoms in total. The topological polar surface area (TPSA) is 15.3 Å². The van der Waals surface area contributed by atoms with E-state index in [0.29, 0.717) is 0 Å². The molecule has 1 heterocycles. The molecule has 0 radical (unpaired) electrons. The molecule has 3 atom stereocenters. The molecule has 1 aliphatic carbocycles. The highest BCUT2D eigenvalue weighted by Gasteiger charge is 2.31. The van der Waals surface area contributed by atoms with Crippen molar-refractivity contribution in [3.8, 4) is 0 Å². The Morgan fingerprint density at radius 2 is 1.95 bits per heavy atom. The predicted octanol–water partition coefficient (Wildman–Crippen LogP) is 3.67. The molecular formula is C17H34N2. The zero-order valence-electron chi connectivity index (χ0n) is 13.3. The van der Waals surface area contributed by atoms with E-state index < -0.39 is 0 Å². The van der Waals surface area contributed by atoms with Crippen LogP contribution in [0.4, 0.5) is 0 Å². The first-order valence-corrected chi connectivity index (χ1v) is 8.72. The molecule has 1 N–H and O–H groups in total. The Morgan fingerprint density at radius 1 is 1.21 bits per heavy atom. The van der Waals surface area contributed by atoms with Gasteiger partial charge in [0, 0.05) is 31.7 Å². The van der Waals surface area contributed by atoms with Crippen molar-refractivity contribution >= 4 is 0 Å². The zero-order chi connectivity index (χ0) is 13.7. The van der Waals surface area contributed by atoms with E-state index in [1.54, 1.807) is 0 Å². The molecule has 1 saturated carbocycles. The maximum atomic E-state index is 3.82. The number of nitrogens with one attached hydrogen (secondary N) is 1. The molecule has 0 spiro atoms. The van der Waals surface area contributed by atoms with Crippen LogP contribution in [0.3, 0.4) is 0 Å². The summed E-state index contributed by atoms with van der Waals surface area (Å²) in [5.74, 6) is 1.81.